The zero-order valence-corrected chi connectivity index (χ0v) is 13.7. The average molecular weight is 349 g/mol. The number of methoxy groups -OCH3 is 1. The molecule has 1 aliphatic heterocycles. The Morgan fingerprint density at radius 1 is 1.42 bits per heavy atom. The van der Waals surface area contributed by atoms with Gasteiger partial charge >= 0.3 is 0 Å². The molecule has 0 spiro atoms. The first-order valence-electron chi connectivity index (χ1n) is 7.44. The Morgan fingerprint density at radius 3 is 2.96 bits per heavy atom. The number of hydrogen-bond donors (Lipinski definition) is 2. The molecule has 0 aliphatic carbocycles. The predicted octanol–water partition coefficient (Wildman–Crippen LogP) is 1.11. The number of benzene rings is 1. The van der Waals surface area contributed by atoms with Crippen molar-refractivity contribution in [1.82, 2.24) is 14.6 Å². The molecule has 0 saturated carbocycles. The highest BCUT2D eigenvalue weighted by Crippen LogP contribution is 2.34. The lowest BCUT2D eigenvalue weighted by Crippen LogP contribution is -2.32. The molecule has 1 aliphatic rings. The van der Waals surface area contributed by atoms with Crippen LogP contribution in [0.2, 0.25) is 0 Å². The van der Waals surface area contributed by atoms with Crippen LogP contribution in [0.5, 0.6) is 5.75 Å². The Morgan fingerprint density at radius 2 is 2.25 bits per heavy atom. The maximum atomic E-state index is 13.4. The number of halogens is 1. The zero-order chi connectivity index (χ0) is 16.8. The molecule has 2 atom stereocenters. The first-order valence-corrected chi connectivity index (χ1v) is 8.25. The van der Waals surface area contributed by atoms with E-state index in [4.69, 9.17) is 10.5 Å². The standard InChI is InChI=1S/C15H16FN5O2S/c1-23-13-4-8(16)2-3-9(13)11-5-18-14-21(11)19-15(24-14)20-6-10(17)12(22)7-20/h2-5,10,12,22H,6-7,17H2,1H3. The van der Waals surface area contributed by atoms with Gasteiger partial charge in [-0.2, -0.15) is 0 Å². The van der Waals surface area contributed by atoms with Gasteiger partial charge in [-0.05, 0) is 12.1 Å². The van der Waals surface area contributed by atoms with Gasteiger partial charge in [-0.1, -0.05) is 11.3 Å². The number of rotatable bonds is 3. The Bertz CT molecular complexity index is 885. The number of nitrogens with two attached hydrogens (primary N) is 1. The van der Waals surface area contributed by atoms with Crippen molar-refractivity contribution in [1.29, 1.82) is 0 Å². The Hall–Kier alpha value is -2.23. The van der Waals surface area contributed by atoms with Crippen LogP contribution in [0.1, 0.15) is 0 Å². The van der Waals surface area contributed by atoms with E-state index in [1.165, 1.54) is 30.6 Å². The van der Waals surface area contributed by atoms with Gasteiger partial charge in [0.2, 0.25) is 10.1 Å². The minimum Gasteiger partial charge on any atom is -0.496 e. The lowest BCUT2D eigenvalue weighted by Gasteiger charge is -2.12. The van der Waals surface area contributed by atoms with Gasteiger partial charge in [-0.15, -0.1) is 5.10 Å². The van der Waals surface area contributed by atoms with Crippen LogP contribution in [-0.2, 0) is 0 Å². The average Bonchev–Trinajstić information content (AvgIpc) is 3.22. The normalized spacial score (nSPS) is 20.9. The van der Waals surface area contributed by atoms with E-state index < -0.39 is 6.10 Å². The summed E-state index contributed by atoms with van der Waals surface area (Å²) in [6, 6.07) is 4.07. The minimum atomic E-state index is -0.558. The van der Waals surface area contributed by atoms with Crippen molar-refractivity contribution in [2.24, 2.45) is 5.73 Å². The molecule has 126 valence electrons. The molecular formula is C15H16FN5O2S. The van der Waals surface area contributed by atoms with Crippen LogP contribution >= 0.6 is 11.3 Å². The van der Waals surface area contributed by atoms with Gasteiger partial charge in [-0.3, -0.25) is 0 Å². The van der Waals surface area contributed by atoms with Gasteiger partial charge in [0.05, 0.1) is 25.1 Å². The van der Waals surface area contributed by atoms with Crippen molar-refractivity contribution in [3.05, 3.63) is 30.2 Å². The number of aliphatic hydroxyl groups is 1. The highest BCUT2D eigenvalue weighted by molar-refractivity contribution is 7.20. The fourth-order valence-corrected chi connectivity index (χ4v) is 3.73. The molecule has 1 saturated heterocycles. The lowest BCUT2D eigenvalue weighted by molar-refractivity contribution is 0.180. The Kier molecular flexibility index (Phi) is 3.63. The summed E-state index contributed by atoms with van der Waals surface area (Å²) in [5, 5.41) is 15.1. The van der Waals surface area contributed by atoms with Crippen LogP contribution in [0.25, 0.3) is 16.2 Å². The van der Waals surface area contributed by atoms with Crippen molar-refractivity contribution < 1.29 is 14.2 Å². The van der Waals surface area contributed by atoms with Crippen LogP contribution in [0.3, 0.4) is 0 Å². The number of imidazole rings is 1. The van der Waals surface area contributed by atoms with E-state index in [9.17, 15) is 9.50 Å². The maximum Gasteiger partial charge on any atom is 0.214 e. The third-order valence-corrected chi connectivity index (χ3v) is 5.10. The van der Waals surface area contributed by atoms with Crippen LogP contribution in [-0.4, -0.2) is 52.0 Å². The number of nitrogens with zero attached hydrogens (tertiary/aromatic N) is 4. The van der Waals surface area contributed by atoms with E-state index in [1.54, 1.807) is 16.8 Å². The van der Waals surface area contributed by atoms with E-state index in [2.05, 4.69) is 10.1 Å². The number of anilines is 1. The third-order valence-electron chi connectivity index (χ3n) is 4.12. The summed E-state index contributed by atoms with van der Waals surface area (Å²) in [4.78, 5) is 7.03. The smallest absolute Gasteiger partial charge is 0.214 e. The number of β-amino-alcohol motifs (C(OH)–C–C–N with tert-alkyl or cyclic N) is 1. The molecule has 4 rings (SSSR count). The molecule has 7 nitrogen and oxygen atoms in total. The monoisotopic (exact) mass is 349 g/mol. The summed E-state index contributed by atoms with van der Waals surface area (Å²) in [6.45, 7) is 1.00. The van der Waals surface area contributed by atoms with Gasteiger partial charge in [0.1, 0.15) is 11.6 Å². The van der Waals surface area contributed by atoms with Crippen molar-refractivity contribution >= 4 is 21.4 Å². The van der Waals surface area contributed by atoms with Crippen molar-refractivity contribution in [2.45, 2.75) is 12.1 Å². The summed E-state index contributed by atoms with van der Waals surface area (Å²) in [5.74, 6) is 0.0559. The van der Waals surface area contributed by atoms with Gasteiger partial charge < -0.3 is 20.5 Å². The highest BCUT2D eigenvalue weighted by Gasteiger charge is 2.30. The minimum absolute atomic E-state index is 0.280. The molecule has 1 aromatic carbocycles. The summed E-state index contributed by atoms with van der Waals surface area (Å²) < 4.78 is 20.4. The second-order valence-corrected chi connectivity index (χ2v) is 6.64. The topological polar surface area (TPSA) is 88.9 Å². The molecule has 9 heteroatoms. The summed E-state index contributed by atoms with van der Waals surface area (Å²) in [6.07, 6.45) is 1.13. The van der Waals surface area contributed by atoms with Crippen LogP contribution in [0, 0.1) is 5.82 Å². The van der Waals surface area contributed by atoms with Crippen LogP contribution in [0.15, 0.2) is 24.4 Å². The zero-order valence-electron chi connectivity index (χ0n) is 12.9. The summed E-state index contributed by atoms with van der Waals surface area (Å²) >= 11 is 1.42. The van der Waals surface area contributed by atoms with Crippen molar-refractivity contribution in [3.63, 3.8) is 0 Å². The van der Waals surface area contributed by atoms with E-state index in [0.717, 1.165) is 5.13 Å². The molecule has 3 heterocycles. The predicted molar refractivity (Wildman–Crippen MR) is 89.0 cm³/mol. The van der Waals surface area contributed by atoms with Gasteiger partial charge in [0, 0.05) is 30.8 Å². The molecule has 0 amide bonds. The quantitative estimate of drug-likeness (QED) is 0.736. The van der Waals surface area contributed by atoms with E-state index in [1.807, 2.05) is 4.90 Å². The third kappa shape index (κ3) is 2.41. The Balaban J connectivity index is 1.76. The van der Waals surface area contributed by atoms with Gasteiger partial charge in [-0.25, -0.2) is 13.9 Å². The molecule has 1 fully saturated rings. The number of aliphatic hydroxyl groups excluding tert-OH is 1. The fraction of sp³-hybridized carbons (Fsp3) is 0.333. The largest absolute Gasteiger partial charge is 0.496 e. The van der Waals surface area contributed by atoms with Crippen LogP contribution in [0.4, 0.5) is 9.52 Å². The summed E-state index contributed by atoms with van der Waals surface area (Å²) in [5.41, 5.74) is 7.28. The number of ether oxygens (including phenoxy) is 1. The van der Waals surface area contributed by atoms with Crippen molar-refractivity contribution in [3.8, 4) is 17.0 Å². The van der Waals surface area contributed by atoms with Crippen LogP contribution < -0.4 is 15.4 Å². The van der Waals surface area contributed by atoms with E-state index in [-0.39, 0.29) is 11.9 Å². The molecule has 2 unspecified atom stereocenters. The molecule has 3 N–H and O–H groups in total. The molecule has 0 radical (unpaired) electrons. The van der Waals surface area contributed by atoms with Gasteiger partial charge in [0.25, 0.3) is 0 Å². The number of hydrogen-bond acceptors (Lipinski definition) is 7. The first kappa shape index (κ1) is 15.3. The highest BCUT2D eigenvalue weighted by atomic mass is 32.1. The SMILES string of the molecule is COc1cc(F)ccc1-c1cnc2sc(N3CC(N)C(O)C3)nn12. The van der Waals surface area contributed by atoms with Crippen molar-refractivity contribution in [2.75, 3.05) is 25.1 Å². The fourth-order valence-electron chi connectivity index (χ4n) is 2.84. The number of aromatic nitrogens is 3. The second-order valence-electron chi connectivity index (χ2n) is 5.70. The molecular weight excluding hydrogens is 333 g/mol. The maximum absolute atomic E-state index is 13.4. The molecule has 2 aromatic heterocycles. The van der Waals surface area contributed by atoms with E-state index in [0.29, 0.717) is 35.1 Å². The first-order chi connectivity index (χ1) is 11.6. The lowest BCUT2D eigenvalue weighted by atomic mass is 10.1. The molecule has 3 aromatic rings. The van der Waals surface area contributed by atoms with E-state index >= 15 is 0 Å². The second kappa shape index (κ2) is 5.69. The molecule has 0 bridgehead atoms. The van der Waals surface area contributed by atoms with Gasteiger partial charge in [0.15, 0.2) is 0 Å². The Labute approximate surface area is 141 Å². The number of fused-ring (bicyclic) bond motifs is 1. The molecule has 24 heavy (non-hydrogen) atoms. The summed E-state index contributed by atoms with van der Waals surface area (Å²) in [7, 11) is 1.50.